The lowest BCUT2D eigenvalue weighted by atomic mass is 9.75. The van der Waals surface area contributed by atoms with Crippen molar-refractivity contribution >= 4 is 0 Å². The molecule has 2 N–H and O–H groups in total. The second-order valence-corrected chi connectivity index (χ2v) is 6.45. The first-order valence-corrected chi connectivity index (χ1v) is 7.63. The third kappa shape index (κ3) is 2.45. The monoisotopic (exact) mass is 254 g/mol. The highest BCUT2D eigenvalue weighted by Gasteiger charge is 2.47. The zero-order valence-electron chi connectivity index (χ0n) is 12.3. The summed E-state index contributed by atoms with van der Waals surface area (Å²) in [5.74, 6) is 0.857. The largest absolute Gasteiger partial charge is 0.379 e. The zero-order chi connectivity index (χ0) is 13.2. The molecule has 0 amide bonds. The Labute approximate surface area is 112 Å². The Hall–Kier alpha value is -0.120. The first-order valence-electron chi connectivity index (χ1n) is 7.63. The molecule has 1 saturated heterocycles. The predicted octanol–water partition coefficient (Wildman–Crippen LogP) is 2.39. The molecule has 0 aromatic rings. The topological polar surface area (TPSA) is 38.5 Å². The van der Waals surface area contributed by atoms with Crippen molar-refractivity contribution in [2.24, 2.45) is 11.7 Å². The van der Waals surface area contributed by atoms with E-state index in [4.69, 9.17) is 10.5 Å². The normalized spacial score (nSPS) is 43.0. The Morgan fingerprint density at radius 1 is 1.28 bits per heavy atom. The molecule has 4 atom stereocenters. The first kappa shape index (κ1) is 14.3. The molecule has 1 aliphatic heterocycles. The van der Waals surface area contributed by atoms with Crippen LogP contribution in [0.25, 0.3) is 0 Å². The number of piperidine rings is 1. The van der Waals surface area contributed by atoms with E-state index < -0.39 is 0 Å². The van der Waals surface area contributed by atoms with Gasteiger partial charge in [-0.15, -0.1) is 0 Å². The third-order valence-electron chi connectivity index (χ3n) is 5.27. The number of methoxy groups -OCH3 is 1. The van der Waals surface area contributed by atoms with Crippen LogP contribution >= 0.6 is 0 Å². The van der Waals surface area contributed by atoms with E-state index in [1.807, 2.05) is 7.11 Å². The second kappa shape index (κ2) is 5.89. The average molecular weight is 254 g/mol. The van der Waals surface area contributed by atoms with Gasteiger partial charge in [0.25, 0.3) is 0 Å². The fourth-order valence-corrected chi connectivity index (χ4v) is 4.28. The molecule has 106 valence electrons. The molecule has 0 radical (unpaired) electrons. The van der Waals surface area contributed by atoms with Crippen LogP contribution in [0.15, 0.2) is 0 Å². The molecule has 2 rings (SSSR count). The summed E-state index contributed by atoms with van der Waals surface area (Å²) in [6.07, 6.45) is 7.91. The van der Waals surface area contributed by atoms with Crippen LogP contribution in [0.5, 0.6) is 0 Å². The van der Waals surface area contributed by atoms with Crippen LogP contribution in [0.2, 0.25) is 0 Å². The lowest BCUT2D eigenvalue weighted by Crippen LogP contribution is -2.66. The van der Waals surface area contributed by atoms with E-state index in [0.717, 1.165) is 12.5 Å². The molecule has 2 fully saturated rings. The summed E-state index contributed by atoms with van der Waals surface area (Å²) < 4.78 is 5.80. The molecule has 1 aliphatic carbocycles. The SMILES string of the molecule is COC1CCCCC1(CN)N1CCC(C)CC1C. The van der Waals surface area contributed by atoms with Crippen LogP contribution in [0, 0.1) is 5.92 Å². The zero-order valence-corrected chi connectivity index (χ0v) is 12.3. The number of ether oxygens (including phenoxy) is 1. The highest BCUT2D eigenvalue weighted by Crippen LogP contribution is 2.39. The third-order valence-corrected chi connectivity index (χ3v) is 5.27. The van der Waals surface area contributed by atoms with Gasteiger partial charge in [-0.2, -0.15) is 0 Å². The summed E-state index contributed by atoms with van der Waals surface area (Å²) in [5, 5.41) is 0. The van der Waals surface area contributed by atoms with Gasteiger partial charge in [-0.3, -0.25) is 4.90 Å². The minimum Gasteiger partial charge on any atom is -0.379 e. The molecule has 3 heteroatoms. The smallest absolute Gasteiger partial charge is 0.0767 e. The van der Waals surface area contributed by atoms with Crippen LogP contribution in [-0.2, 0) is 4.74 Å². The number of hydrogen-bond acceptors (Lipinski definition) is 3. The van der Waals surface area contributed by atoms with E-state index in [2.05, 4.69) is 18.7 Å². The maximum atomic E-state index is 6.21. The molecule has 18 heavy (non-hydrogen) atoms. The van der Waals surface area contributed by atoms with Crippen molar-refractivity contribution in [2.75, 3.05) is 20.2 Å². The van der Waals surface area contributed by atoms with E-state index in [-0.39, 0.29) is 5.54 Å². The minimum atomic E-state index is 0.104. The summed E-state index contributed by atoms with van der Waals surface area (Å²) in [7, 11) is 1.86. The Balaban J connectivity index is 2.19. The van der Waals surface area contributed by atoms with Crippen LogP contribution in [-0.4, -0.2) is 42.8 Å². The molecule has 4 unspecified atom stereocenters. The van der Waals surface area contributed by atoms with Crippen molar-refractivity contribution in [3.63, 3.8) is 0 Å². The van der Waals surface area contributed by atoms with Crippen molar-refractivity contribution in [1.29, 1.82) is 0 Å². The van der Waals surface area contributed by atoms with Gasteiger partial charge in [-0.25, -0.2) is 0 Å². The molecular weight excluding hydrogens is 224 g/mol. The Morgan fingerprint density at radius 2 is 2.06 bits per heavy atom. The standard InChI is InChI=1S/C15H30N2O/c1-12-7-9-17(13(2)10-12)15(11-16)8-5-4-6-14(15)18-3/h12-14H,4-11,16H2,1-3H3. The molecule has 0 spiro atoms. The summed E-state index contributed by atoms with van der Waals surface area (Å²) in [6, 6.07) is 0.646. The van der Waals surface area contributed by atoms with Crippen LogP contribution in [0.4, 0.5) is 0 Å². The number of nitrogens with zero attached hydrogens (tertiary/aromatic N) is 1. The quantitative estimate of drug-likeness (QED) is 0.840. The number of rotatable bonds is 3. The second-order valence-electron chi connectivity index (χ2n) is 6.45. The van der Waals surface area contributed by atoms with E-state index in [0.29, 0.717) is 12.1 Å². The lowest BCUT2D eigenvalue weighted by Gasteiger charge is -2.54. The summed E-state index contributed by atoms with van der Waals surface area (Å²) >= 11 is 0. The van der Waals surface area contributed by atoms with Crippen molar-refractivity contribution in [3.8, 4) is 0 Å². The van der Waals surface area contributed by atoms with Crippen molar-refractivity contribution in [3.05, 3.63) is 0 Å². The van der Waals surface area contributed by atoms with Gasteiger partial charge in [-0.1, -0.05) is 19.8 Å². The molecule has 0 bridgehead atoms. The lowest BCUT2D eigenvalue weighted by molar-refractivity contribution is -0.102. The number of hydrogen-bond donors (Lipinski definition) is 1. The Morgan fingerprint density at radius 3 is 2.67 bits per heavy atom. The Kier molecular flexibility index (Phi) is 4.68. The molecule has 1 saturated carbocycles. The van der Waals surface area contributed by atoms with Gasteiger partial charge in [0.05, 0.1) is 11.6 Å². The van der Waals surface area contributed by atoms with E-state index in [1.54, 1.807) is 0 Å². The highest BCUT2D eigenvalue weighted by atomic mass is 16.5. The van der Waals surface area contributed by atoms with E-state index in [9.17, 15) is 0 Å². The average Bonchev–Trinajstić information content (AvgIpc) is 2.38. The van der Waals surface area contributed by atoms with Crippen LogP contribution in [0.1, 0.15) is 52.4 Å². The highest BCUT2D eigenvalue weighted by molar-refractivity contribution is 5.03. The van der Waals surface area contributed by atoms with Gasteiger partial charge in [0.1, 0.15) is 0 Å². The fraction of sp³-hybridized carbons (Fsp3) is 1.00. The van der Waals surface area contributed by atoms with Gasteiger partial charge >= 0.3 is 0 Å². The summed E-state index contributed by atoms with van der Waals surface area (Å²) in [6.45, 7) is 6.68. The maximum Gasteiger partial charge on any atom is 0.0767 e. The van der Waals surface area contributed by atoms with E-state index >= 15 is 0 Å². The van der Waals surface area contributed by atoms with Gasteiger partial charge in [0, 0.05) is 19.7 Å². The summed E-state index contributed by atoms with van der Waals surface area (Å²) in [4.78, 5) is 2.68. The van der Waals surface area contributed by atoms with Crippen molar-refractivity contribution in [2.45, 2.75) is 70.1 Å². The number of likely N-dealkylation sites (tertiary alicyclic amines) is 1. The maximum absolute atomic E-state index is 6.21. The van der Waals surface area contributed by atoms with Crippen LogP contribution < -0.4 is 5.73 Å². The first-order chi connectivity index (χ1) is 8.64. The number of nitrogens with two attached hydrogens (primary N) is 1. The molecule has 3 nitrogen and oxygen atoms in total. The molecule has 0 aromatic heterocycles. The Bertz CT molecular complexity index is 271. The van der Waals surface area contributed by atoms with Gasteiger partial charge < -0.3 is 10.5 Å². The van der Waals surface area contributed by atoms with Gasteiger partial charge in [0.15, 0.2) is 0 Å². The minimum absolute atomic E-state index is 0.104. The van der Waals surface area contributed by atoms with Gasteiger partial charge in [-0.05, 0) is 45.1 Å². The molecule has 1 heterocycles. The molecule has 0 aromatic carbocycles. The van der Waals surface area contributed by atoms with Gasteiger partial charge in [0.2, 0.25) is 0 Å². The molecular formula is C15H30N2O. The predicted molar refractivity (Wildman–Crippen MR) is 75.6 cm³/mol. The van der Waals surface area contributed by atoms with E-state index in [1.165, 1.54) is 45.1 Å². The van der Waals surface area contributed by atoms with Crippen molar-refractivity contribution < 1.29 is 4.74 Å². The summed E-state index contributed by atoms with van der Waals surface area (Å²) in [5.41, 5.74) is 6.31. The fourth-order valence-electron chi connectivity index (χ4n) is 4.28. The van der Waals surface area contributed by atoms with Crippen LogP contribution in [0.3, 0.4) is 0 Å². The molecule has 2 aliphatic rings. The van der Waals surface area contributed by atoms with Crippen molar-refractivity contribution in [1.82, 2.24) is 4.90 Å².